The molecule has 100 valence electrons. The minimum absolute atomic E-state index is 0.890. The summed E-state index contributed by atoms with van der Waals surface area (Å²) in [6.45, 7) is 4.30. The minimum atomic E-state index is 0.890. The van der Waals surface area contributed by atoms with E-state index in [0.717, 1.165) is 23.4 Å². The van der Waals surface area contributed by atoms with E-state index in [0.29, 0.717) is 0 Å². The van der Waals surface area contributed by atoms with E-state index in [2.05, 4.69) is 60.4 Å². The molecule has 0 saturated carbocycles. The molecule has 1 aromatic heterocycles. The summed E-state index contributed by atoms with van der Waals surface area (Å²) < 4.78 is 0. The molecule has 0 aliphatic rings. The first-order valence-electron chi connectivity index (χ1n) is 6.88. The molecule has 3 aromatic rings. The fourth-order valence-electron chi connectivity index (χ4n) is 2.34. The standard InChI is InChI=1S/C18H18N2/c1-13-8-9-15(10-14(13)2)11-17-12-18(20-19-17)16-6-4-3-5-7-16/h3-10,12H,11H2,1-2H3,(H,19,20). The number of benzene rings is 2. The summed E-state index contributed by atoms with van der Waals surface area (Å²) >= 11 is 0. The highest BCUT2D eigenvalue weighted by Crippen LogP contribution is 2.19. The maximum absolute atomic E-state index is 4.40. The van der Waals surface area contributed by atoms with Crippen LogP contribution < -0.4 is 0 Å². The third kappa shape index (κ3) is 2.64. The average molecular weight is 262 g/mol. The van der Waals surface area contributed by atoms with Crippen molar-refractivity contribution in [1.29, 1.82) is 0 Å². The van der Waals surface area contributed by atoms with Crippen LogP contribution in [0.1, 0.15) is 22.4 Å². The molecular weight excluding hydrogens is 244 g/mol. The van der Waals surface area contributed by atoms with Gasteiger partial charge in [-0.1, -0.05) is 48.5 Å². The summed E-state index contributed by atoms with van der Waals surface area (Å²) in [6.07, 6.45) is 0.890. The molecule has 0 saturated heterocycles. The highest BCUT2D eigenvalue weighted by Gasteiger charge is 2.05. The van der Waals surface area contributed by atoms with Crippen LogP contribution in [-0.4, -0.2) is 10.2 Å². The number of hydrogen-bond donors (Lipinski definition) is 1. The zero-order valence-corrected chi connectivity index (χ0v) is 11.9. The molecule has 1 heterocycles. The van der Waals surface area contributed by atoms with Crippen LogP contribution in [0.5, 0.6) is 0 Å². The lowest BCUT2D eigenvalue weighted by atomic mass is 10.0. The molecule has 2 nitrogen and oxygen atoms in total. The Labute approximate surface area is 119 Å². The Balaban J connectivity index is 1.82. The lowest BCUT2D eigenvalue weighted by Crippen LogP contribution is -1.90. The molecule has 1 N–H and O–H groups in total. The average Bonchev–Trinajstić information content (AvgIpc) is 2.92. The summed E-state index contributed by atoms with van der Waals surface area (Å²) in [7, 11) is 0. The SMILES string of the molecule is Cc1ccc(Cc2cc(-c3ccccc3)n[nH]2)cc1C. The van der Waals surface area contributed by atoms with E-state index >= 15 is 0 Å². The van der Waals surface area contributed by atoms with E-state index in [9.17, 15) is 0 Å². The molecule has 2 aromatic carbocycles. The van der Waals surface area contributed by atoms with Crippen molar-refractivity contribution in [2.24, 2.45) is 0 Å². The molecule has 0 aliphatic heterocycles. The Morgan fingerprint density at radius 3 is 2.45 bits per heavy atom. The van der Waals surface area contributed by atoms with E-state index in [1.165, 1.54) is 16.7 Å². The van der Waals surface area contributed by atoms with Gasteiger partial charge in [-0.05, 0) is 36.6 Å². The van der Waals surface area contributed by atoms with Gasteiger partial charge in [0.1, 0.15) is 0 Å². The Morgan fingerprint density at radius 2 is 1.70 bits per heavy atom. The summed E-state index contributed by atoms with van der Waals surface area (Å²) in [5.74, 6) is 0. The Bertz CT molecular complexity index is 711. The van der Waals surface area contributed by atoms with Crippen LogP contribution in [-0.2, 0) is 6.42 Å². The number of H-pyrrole nitrogens is 1. The first-order valence-corrected chi connectivity index (χ1v) is 6.88. The third-order valence-corrected chi connectivity index (χ3v) is 3.67. The van der Waals surface area contributed by atoms with Gasteiger partial charge in [0.25, 0.3) is 0 Å². The number of hydrogen-bond acceptors (Lipinski definition) is 1. The Hall–Kier alpha value is -2.35. The molecule has 0 fully saturated rings. The molecule has 0 radical (unpaired) electrons. The van der Waals surface area contributed by atoms with Crippen LogP contribution >= 0.6 is 0 Å². The number of nitrogens with one attached hydrogen (secondary N) is 1. The summed E-state index contributed by atoms with van der Waals surface area (Å²) in [6, 6.07) is 19.0. The fraction of sp³-hybridized carbons (Fsp3) is 0.167. The lowest BCUT2D eigenvalue weighted by Gasteiger charge is -2.03. The first kappa shape index (κ1) is 12.7. The number of aromatic amines is 1. The molecule has 0 aliphatic carbocycles. The first-order chi connectivity index (χ1) is 9.72. The van der Waals surface area contributed by atoms with E-state index in [1.54, 1.807) is 0 Å². The van der Waals surface area contributed by atoms with Crippen LogP contribution in [0.4, 0.5) is 0 Å². The van der Waals surface area contributed by atoms with Crippen molar-refractivity contribution in [2.75, 3.05) is 0 Å². The van der Waals surface area contributed by atoms with E-state index in [4.69, 9.17) is 0 Å². The Kier molecular flexibility index (Phi) is 3.38. The zero-order chi connectivity index (χ0) is 13.9. The van der Waals surface area contributed by atoms with Gasteiger partial charge in [-0.25, -0.2) is 0 Å². The van der Waals surface area contributed by atoms with Gasteiger partial charge in [-0.3, -0.25) is 5.10 Å². The number of rotatable bonds is 3. The summed E-state index contributed by atoms with van der Waals surface area (Å²) in [5.41, 5.74) is 7.29. The second-order valence-electron chi connectivity index (χ2n) is 5.24. The zero-order valence-electron chi connectivity index (χ0n) is 11.9. The van der Waals surface area contributed by atoms with Gasteiger partial charge in [0.15, 0.2) is 0 Å². The van der Waals surface area contributed by atoms with Gasteiger partial charge in [0.2, 0.25) is 0 Å². The van der Waals surface area contributed by atoms with E-state index in [1.807, 2.05) is 18.2 Å². The summed E-state index contributed by atoms with van der Waals surface area (Å²) in [4.78, 5) is 0. The number of nitrogens with zero attached hydrogens (tertiary/aromatic N) is 1. The van der Waals surface area contributed by atoms with Crippen LogP contribution in [0.15, 0.2) is 54.6 Å². The van der Waals surface area contributed by atoms with Crippen LogP contribution in [0.2, 0.25) is 0 Å². The summed E-state index contributed by atoms with van der Waals surface area (Å²) in [5, 5.41) is 7.53. The fourth-order valence-corrected chi connectivity index (χ4v) is 2.34. The van der Waals surface area contributed by atoms with Gasteiger partial charge >= 0.3 is 0 Å². The van der Waals surface area contributed by atoms with Crippen molar-refractivity contribution in [1.82, 2.24) is 10.2 Å². The third-order valence-electron chi connectivity index (χ3n) is 3.67. The van der Waals surface area contributed by atoms with Crippen molar-refractivity contribution >= 4 is 0 Å². The molecule has 2 heteroatoms. The highest BCUT2D eigenvalue weighted by atomic mass is 15.1. The Morgan fingerprint density at radius 1 is 0.900 bits per heavy atom. The molecule has 3 rings (SSSR count). The van der Waals surface area contributed by atoms with Crippen molar-refractivity contribution in [3.63, 3.8) is 0 Å². The number of aromatic nitrogens is 2. The normalized spacial score (nSPS) is 10.7. The smallest absolute Gasteiger partial charge is 0.0923 e. The van der Waals surface area contributed by atoms with Gasteiger partial charge in [-0.2, -0.15) is 5.10 Å². The maximum Gasteiger partial charge on any atom is 0.0923 e. The van der Waals surface area contributed by atoms with Gasteiger partial charge < -0.3 is 0 Å². The maximum atomic E-state index is 4.40. The quantitative estimate of drug-likeness (QED) is 0.749. The monoisotopic (exact) mass is 262 g/mol. The minimum Gasteiger partial charge on any atom is -0.282 e. The van der Waals surface area contributed by atoms with Gasteiger partial charge in [0.05, 0.1) is 5.69 Å². The lowest BCUT2D eigenvalue weighted by molar-refractivity contribution is 0.996. The predicted molar refractivity (Wildman–Crippen MR) is 82.7 cm³/mol. The van der Waals surface area contributed by atoms with Gasteiger partial charge in [-0.15, -0.1) is 0 Å². The second-order valence-corrected chi connectivity index (χ2v) is 5.24. The molecule has 0 bridgehead atoms. The molecular formula is C18H18N2. The molecule has 0 atom stereocenters. The van der Waals surface area contributed by atoms with Crippen molar-refractivity contribution < 1.29 is 0 Å². The molecule has 0 unspecified atom stereocenters. The largest absolute Gasteiger partial charge is 0.282 e. The van der Waals surface area contributed by atoms with Crippen LogP contribution in [0, 0.1) is 13.8 Å². The topological polar surface area (TPSA) is 28.7 Å². The van der Waals surface area contributed by atoms with Crippen molar-refractivity contribution in [3.05, 3.63) is 77.0 Å². The van der Waals surface area contributed by atoms with Gasteiger partial charge in [0, 0.05) is 17.7 Å². The second kappa shape index (κ2) is 5.33. The highest BCUT2D eigenvalue weighted by molar-refractivity contribution is 5.59. The van der Waals surface area contributed by atoms with Crippen LogP contribution in [0.25, 0.3) is 11.3 Å². The predicted octanol–water partition coefficient (Wildman–Crippen LogP) is 4.28. The van der Waals surface area contributed by atoms with E-state index < -0.39 is 0 Å². The molecule has 20 heavy (non-hydrogen) atoms. The number of aryl methyl sites for hydroxylation is 2. The molecule has 0 amide bonds. The van der Waals surface area contributed by atoms with Crippen molar-refractivity contribution in [3.8, 4) is 11.3 Å². The molecule has 0 spiro atoms. The van der Waals surface area contributed by atoms with Crippen LogP contribution in [0.3, 0.4) is 0 Å². The van der Waals surface area contributed by atoms with E-state index in [-0.39, 0.29) is 0 Å². The van der Waals surface area contributed by atoms with Crippen molar-refractivity contribution in [2.45, 2.75) is 20.3 Å².